The first-order valence-electron chi connectivity index (χ1n) is 12.5. The third-order valence-electron chi connectivity index (χ3n) is 6.71. The number of likely N-dealkylation sites (N-methyl/N-ethyl adjacent to an activating group) is 1. The van der Waals surface area contributed by atoms with Crippen LogP contribution >= 0.6 is 11.5 Å². The molecule has 0 atom stereocenters. The molecule has 5 heterocycles. The summed E-state index contributed by atoms with van der Waals surface area (Å²) in [5, 5.41) is 15.5. The summed E-state index contributed by atoms with van der Waals surface area (Å²) in [7, 11) is 1.90. The lowest BCUT2D eigenvalue weighted by Gasteiger charge is -2.33. The van der Waals surface area contributed by atoms with E-state index in [2.05, 4.69) is 31.0 Å². The SMILES string of the molecule is CN1CCN(Cc2cc3c(nc2C=O)N(C(=O)Nc2cc(NCc4ccns4)c(C#N)cn2)CCC3)C(=O)C1. The number of pyridine rings is 2. The van der Waals surface area contributed by atoms with Gasteiger partial charge in [-0.2, -0.15) is 5.26 Å². The Hall–Kier alpha value is -4.41. The number of nitrogens with one attached hydrogen (secondary N) is 2. The summed E-state index contributed by atoms with van der Waals surface area (Å²) >= 11 is 1.36. The van der Waals surface area contributed by atoms with Crippen LogP contribution < -0.4 is 15.5 Å². The number of hydrogen-bond acceptors (Lipinski definition) is 10. The predicted octanol–water partition coefficient (Wildman–Crippen LogP) is 2.49. The Morgan fingerprint density at radius 3 is 2.90 bits per heavy atom. The van der Waals surface area contributed by atoms with Gasteiger partial charge in [-0.3, -0.25) is 24.7 Å². The monoisotopic (exact) mass is 545 g/mol. The molecule has 0 aromatic carbocycles. The number of aryl methyl sites for hydroxylation is 1. The highest BCUT2D eigenvalue weighted by atomic mass is 32.1. The van der Waals surface area contributed by atoms with Gasteiger partial charge in [0.15, 0.2) is 6.29 Å². The van der Waals surface area contributed by atoms with Gasteiger partial charge < -0.3 is 10.2 Å². The minimum atomic E-state index is -0.437. The number of carbonyl (C=O) groups is 3. The first-order valence-corrected chi connectivity index (χ1v) is 13.3. The maximum absolute atomic E-state index is 13.3. The first-order chi connectivity index (χ1) is 18.9. The van der Waals surface area contributed by atoms with Gasteiger partial charge in [0.1, 0.15) is 23.4 Å². The number of carbonyl (C=O) groups excluding carboxylic acids is 3. The Balaban J connectivity index is 1.33. The summed E-state index contributed by atoms with van der Waals surface area (Å²) in [6.07, 6.45) is 5.21. The number of aromatic nitrogens is 3. The minimum absolute atomic E-state index is 0.00940. The average Bonchev–Trinajstić information content (AvgIpc) is 3.46. The van der Waals surface area contributed by atoms with Crippen molar-refractivity contribution in [2.75, 3.05) is 48.8 Å². The molecule has 0 unspecified atom stereocenters. The van der Waals surface area contributed by atoms with E-state index in [9.17, 15) is 19.6 Å². The lowest BCUT2D eigenvalue weighted by molar-refractivity contribution is -0.136. The molecule has 2 aliphatic rings. The molecule has 12 nitrogen and oxygen atoms in total. The van der Waals surface area contributed by atoms with E-state index in [-0.39, 0.29) is 17.4 Å². The van der Waals surface area contributed by atoms with E-state index >= 15 is 0 Å². The van der Waals surface area contributed by atoms with Crippen LogP contribution in [0.3, 0.4) is 0 Å². The van der Waals surface area contributed by atoms with E-state index in [0.29, 0.717) is 68.1 Å². The second-order valence-corrected chi connectivity index (χ2v) is 10.3. The second-order valence-electron chi connectivity index (χ2n) is 9.43. The predicted molar refractivity (Wildman–Crippen MR) is 146 cm³/mol. The number of nitrogens with zero attached hydrogens (tertiary/aromatic N) is 7. The van der Waals surface area contributed by atoms with Gasteiger partial charge in [0.2, 0.25) is 5.91 Å². The molecule has 2 N–H and O–H groups in total. The molecule has 3 amide bonds. The molecule has 0 aliphatic carbocycles. The van der Waals surface area contributed by atoms with E-state index in [1.54, 1.807) is 17.2 Å². The van der Waals surface area contributed by atoms with E-state index in [1.807, 2.05) is 24.1 Å². The normalized spacial score (nSPS) is 15.4. The van der Waals surface area contributed by atoms with Gasteiger partial charge in [-0.05, 0) is 49.1 Å². The van der Waals surface area contributed by atoms with Crippen molar-refractivity contribution in [1.29, 1.82) is 5.26 Å². The Kier molecular flexibility index (Phi) is 7.76. The zero-order chi connectivity index (χ0) is 27.4. The molecule has 1 fully saturated rings. The van der Waals surface area contributed by atoms with Crippen molar-refractivity contribution >= 4 is 47.1 Å². The van der Waals surface area contributed by atoms with Crippen LogP contribution in [0.15, 0.2) is 30.6 Å². The number of rotatable bonds is 7. The van der Waals surface area contributed by atoms with Crippen molar-refractivity contribution < 1.29 is 14.4 Å². The molecule has 39 heavy (non-hydrogen) atoms. The first kappa shape index (κ1) is 26.2. The lowest BCUT2D eigenvalue weighted by atomic mass is 10.0. The lowest BCUT2D eigenvalue weighted by Crippen LogP contribution is -2.48. The molecular formula is C26H27N9O3S. The van der Waals surface area contributed by atoms with Crippen LogP contribution in [0.4, 0.5) is 22.1 Å². The van der Waals surface area contributed by atoms with Crippen molar-refractivity contribution in [2.45, 2.75) is 25.9 Å². The molecule has 5 rings (SSSR count). The van der Waals surface area contributed by atoms with Gasteiger partial charge in [0.25, 0.3) is 0 Å². The van der Waals surface area contributed by atoms with Gasteiger partial charge in [-0.25, -0.2) is 19.1 Å². The number of fused-ring (bicyclic) bond motifs is 1. The third-order valence-corrected chi connectivity index (χ3v) is 7.45. The van der Waals surface area contributed by atoms with Crippen molar-refractivity contribution in [3.05, 3.63) is 57.9 Å². The largest absolute Gasteiger partial charge is 0.379 e. The van der Waals surface area contributed by atoms with Crippen molar-refractivity contribution in [1.82, 2.24) is 24.1 Å². The van der Waals surface area contributed by atoms with Gasteiger partial charge in [0, 0.05) is 55.1 Å². The number of urea groups is 1. The highest BCUT2D eigenvalue weighted by Gasteiger charge is 2.28. The Morgan fingerprint density at radius 1 is 1.28 bits per heavy atom. The number of piperazine rings is 1. The van der Waals surface area contributed by atoms with Crippen LogP contribution in [0.1, 0.15) is 38.5 Å². The number of hydrogen-bond donors (Lipinski definition) is 2. The highest BCUT2D eigenvalue weighted by Crippen LogP contribution is 2.29. The fraction of sp³-hybridized carbons (Fsp3) is 0.346. The maximum atomic E-state index is 13.3. The van der Waals surface area contributed by atoms with Crippen LogP contribution in [0.2, 0.25) is 0 Å². The van der Waals surface area contributed by atoms with Crippen LogP contribution in [0.25, 0.3) is 0 Å². The molecule has 0 bridgehead atoms. The topological polar surface area (TPSA) is 147 Å². The van der Waals surface area contributed by atoms with E-state index in [1.165, 1.54) is 22.6 Å². The average molecular weight is 546 g/mol. The summed E-state index contributed by atoms with van der Waals surface area (Å²) in [5.74, 6) is 0.709. The van der Waals surface area contributed by atoms with E-state index in [4.69, 9.17) is 0 Å². The van der Waals surface area contributed by atoms with Crippen LogP contribution in [-0.4, -0.2) is 75.6 Å². The Labute approximate surface area is 229 Å². The molecule has 3 aromatic rings. The maximum Gasteiger partial charge on any atom is 0.328 e. The molecule has 3 aromatic heterocycles. The fourth-order valence-corrected chi connectivity index (χ4v) is 5.15. The Morgan fingerprint density at radius 2 is 2.15 bits per heavy atom. The van der Waals surface area contributed by atoms with E-state index < -0.39 is 6.03 Å². The second kappa shape index (κ2) is 11.5. The van der Waals surface area contributed by atoms with Gasteiger partial charge in [-0.15, -0.1) is 0 Å². The summed E-state index contributed by atoms with van der Waals surface area (Å²) in [4.78, 5) is 52.7. The van der Waals surface area contributed by atoms with Gasteiger partial charge in [-0.1, -0.05) is 0 Å². The molecule has 0 radical (unpaired) electrons. The molecule has 200 valence electrons. The number of amides is 3. The smallest absolute Gasteiger partial charge is 0.328 e. The van der Waals surface area contributed by atoms with Crippen molar-refractivity contribution in [2.24, 2.45) is 0 Å². The molecule has 0 spiro atoms. The number of anilines is 3. The van der Waals surface area contributed by atoms with Crippen LogP contribution in [0, 0.1) is 11.3 Å². The molecule has 13 heteroatoms. The summed E-state index contributed by atoms with van der Waals surface area (Å²) in [5.41, 5.74) is 2.63. The van der Waals surface area contributed by atoms with Crippen LogP contribution in [0.5, 0.6) is 0 Å². The zero-order valence-corrected chi connectivity index (χ0v) is 22.2. The quantitative estimate of drug-likeness (QED) is 0.427. The standard InChI is InChI=1S/C26H27N9O3S/c1-33-7-8-34(24(37)15-33)14-18-9-17-3-2-6-35(25(17)31-22(18)16-36)26(38)32-23-10-21(19(11-27)12-29-23)28-13-20-4-5-30-39-20/h4-5,9-10,12,16H,2-3,6-8,13-15H2,1H3,(H2,28,29,32,38). The van der Waals surface area contributed by atoms with Crippen LogP contribution in [-0.2, 0) is 24.3 Å². The Bertz CT molecular complexity index is 1440. The highest BCUT2D eigenvalue weighted by molar-refractivity contribution is 7.05. The molecule has 1 saturated heterocycles. The summed E-state index contributed by atoms with van der Waals surface area (Å²) in [6, 6.07) is 7.05. The molecule has 0 saturated carbocycles. The molecular weight excluding hydrogens is 518 g/mol. The van der Waals surface area contributed by atoms with Crippen molar-refractivity contribution in [3.8, 4) is 6.07 Å². The molecule has 2 aliphatic heterocycles. The van der Waals surface area contributed by atoms with Crippen molar-refractivity contribution in [3.63, 3.8) is 0 Å². The summed E-state index contributed by atoms with van der Waals surface area (Å²) in [6.45, 7) is 2.90. The number of nitriles is 1. The third kappa shape index (κ3) is 5.87. The van der Waals surface area contributed by atoms with Gasteiger partial charge in [0.05, 0.1) is 24.3 Å². The van der Waals surface area contributed by atoms with Gasteiger partial charge >= 0.3 is 6.03 Å². The summed E-state index contributed by atoms with van der Waals surface area (Å²) < 4.78 is 4.07. The zero-order valence-electron chi connectivity index (χ0n) is 21.4. The number of aldehydes is 1. The minimum Gasteiger partial charge on any atom is -0.379 e. The van der Waals surface area contributed by atoms with E-state index in [0.717, 1.165) is 23.4 Å². The fourth-order valence-electron chi connectivity index (χ4n) is 4.63.